The minimum absolute atomic E-state index is 0. The van der Waals surface area contributed by atoms with Crippen LogP contribution in [0.4, 0.5) is 0 Å². The van der Waals surface area contributed by atoms with E-state index in [0.29, 0.717) is 10.8 Å². The van der Waals surface area contributed by atoms with Crippen molar-refractivity contribution in [3.05, 3.63) is 131 Å². The Balaban J connectivity index is 0.000000236. The molecule has 0 nitrogen and oxygen atoms in total. The van der Waals surface area contributed by atoms with E-state index in [9.17, 15) is 0 Å². The molecule has 0 spiro atoms. The summed E-state index contributed by atoms with van der Waals surface area (Å²) in [6, 6.07) is 41.3. The fourth-order valence-electron chi connectivity index (χ4n) is 9.98. The minimum atomic E-state index is 0. The first kappa shape index (κ1) is 50.4. The number of hydrogen-bond donors (Lipinski definition) is 0. The van der Waals surface area contributed by atoms with Gasteiger partial charge in [0.05, 0.1) is 0 Å². The summed E-state index contributed by atoms with van der Waals surface area (Å²) in [6.45, 7) is 14.0. The van der Waals surface area contributed by atoms with E-state index in [1.807, 2.05) is 0 Å². The maximum Gasteiger partial charge on any atom is -0.0279 e. The third-order valence-electron chi connectivity index (χ3n) is 13.2. The molecular formula is C56H72Cl2SiZr-2. The Morgan fingerprint density at radius 2 is 0.783 bits per heavy atom. The maximum atomic E-state index is 2.54. The van der Waals surface area contributed by atoms with Crippen molar-refractivity contribution in [2.75, 3.05) is 0 Å². The van der Waals surface area contributed by atoms with Crippen molar-refractivity contribution >= 4 is 27.0 Å². The molecule has 0 amide bonds. The van der Waals surface area contributed by atoms with E-state index in [4.69, 9.17) is 0 Å². The standard InChI is InChI=1S/2C27H33.C2H6Si.2ClH.Zr/c2*1-21-12-14-23(15-13-21)25-11-9-10-24-18-22(19-26(24)25)20-27(2)16-7-5-3-4-6-8-17-27;1-3-2;;;/h2*9-15,18-19H,3-8,16-17,20H2,1-2H3;1-2H3;2*1H;/q2*-1;;;;+2/p-2. The Labute approximate surface area is 393 Å². The molecule has 6 aromatic carbocycles. The number of fused-ring (bicyclic) bond motifs is 2. The Hall–Kier alpha value is -2.22. The van der Waals surface area contributed by atoms with Crippen molar-refractivity contribution in [2.45, 2.75) is 156 Å². The Morgan fingerprint density at radius 3 is 1.10 bits per heavy atom. The van der Waals surface area contributed by atoms with E-state index in [1.54, 1.807) is 23.3 Å². The SMILES string of the molecule is C[Si](C)=[Zr+2].Cc1ccc(-c2cccc3[cH-]c(CC4(C)CCCCCCCC4)cc23)cc1.Cc1ccc(-c2cccc3[cH-]c(CC4(C)CCCCCCCC4)cc23)cc1.[Cl-].[Cl-]. The summed E-state index contributed by atoms with van der Waals surface area (Å²) in [5, 5.41) is 5.63. The molecule has 8 rings (SSSR count). The first-order valence-electron chi connectivity index (χ1n) is 23.0. The molecule has 60 heavy (non-hydrogen) atoms. The predicted molar refractivity (Wildman–Crippen MR) is 254 cm³/mol. The smallest absolute Gasteiger partial charge is 0.0279 e. The van der Waals surface area contributed by atoms with E-state index in [0.717, 1.165) is 0 Å². The zero-order valence-electron chi connectivity index (χ0n) is 37.9. The van der Waals surface area contributed by atoms with E-state index in [2.05, 4.69) is 150 Å². The predicted octanol–water partition coefficient (Wildman–Crippen LogP) is 11.2. The van der Waals surface area contributed by atoms with Gasteiger partial charge in [-0.1, -0.05) is 174 Å². The summed E-state index contributed by atoms with van der Waals surface area (Å²) >= 11 is 1.74. The molecule has 0 unspecified atom stereocenters. The number of aryl methyl sites for hydroxylation is 2. The van der Waals surface area contributed by atoms with Crippen LogP contribution in [-0.4, -0.2) is 5.43 Å². The van der Waals surface area contributed by atoms with Crippen LogP contribution in [0, 0.1) is 24.7 Å². The van der Waals surface area contributed by atoms with Crippen LogP contribution in [-0.2, 0) is 36.2 Å². The van der Waals surface area contributed by atoms with Gasteiger partial charge in [-0.05, 0) is 74.3 Å². The molecule has 0 saturated heterocycles. The van der Waals surface area contributed by atoms with Crippen LogP contribution < -0.4 is 24.8 Å². The first-order chi connectivity index (χ1) is 28.0. The van der Waals surface area contributed by atoms with Crippen LogP contribution in [0.15, 0.2) is 109 Å². The first-order valence-corrected chi connectivity index (χ1v) is 29.2. The molecule has 6 aromatic rings. The van der Waals surface area contributed by atoms with Gasteiger partial charge in [-0.25, -0.2) is 0 Å². The van der Waals surface area contributed by atoms with Crippen molar-refractivity contribution in [3.63, 3.8) is 0 Å². The Kier molecular flexibility index (Phi) is 20.7. The molecule has 0 aromatic heterocycles. The third-order valence-corrected chi connectivity index (χ3v) is 13.2. The van der Waals surface area contributed by atoms with Crippen molar-refractivity contribution in [1.29, 1.82) is 0 Å². The molecule has 2 aliphatic rings. The third kappa shape index (κ3) is 15.0. The van der Waals surface area contributed by atoms with Gasteiger partial charge in [-0.3, -0.25) is 0 Å². The molecule has 0 heterocycles. The normalized spacial score (nSPS) is 16.7. The van der Waals surface area contributed by atoms with Gasteiger partial charge in [0.2, 0.25) is 0 Å². The van der Waals surface area contributed by atoms with E-state index < -0.39 is 0 Å². The van der Waals surface area contributed by atoms with Gasteiger partial charge in [-0.15, -0.1) is 69.1 Å². The van der Waals surface area contributed by atoms with Gasteiger partial charge in [0.15, 0.2) is 0 Å². The fourth-order valence-corrected chi connectivity index (χ4v) is 9.98. The summed E-state index contributed by atoms with van der Waals surface area (Å²) in [5.74, 6) is 0. The second kappa shape index (κ2) is 24.6. The van der Waals surface area contributed by atoms with Crippen molar-refractivity contribution in [1.82, 2.24) is 0 Å². The van der Waals surface area contributed by atoms with Gasteiger partial charge in [0.25, 0.3) is 0 Å². The monoisotopic (exact) mass is 932 g/mol. The van der Waals surface area contributed by atoms with E-state index >= 15 is 0 Å². The van der Waals surface area contributed by atoms with E-state index in [1.165, 1.54) is 182 Å². The van der Waals surface area contributed by atoms with Crippen molar-refractivity contribution in [3.8, 4) is 22.3 Å². The number of benzene rings is 4. The molecule has 320 valence electrons. The molecule has 4 heteroatoms. The van der Waals surface area contributed by atoms with Crippen LogP contribution in [0.2, 0.25) is 13.1 Å². The van der Waals surface area contributed by atoms with Gasteiger partial charge in [0, 0.05) is 0 Å². The second-order valence-corrected chi connectivity index (χ2v) is 28.7. The molecule has 0 bridgehead atoms. The van der Waals surface area contributed by atoms with Gasteiger partial charge >= 0.3 is 41.9 Å². The van der Waals surface area contributed by atoms with Gasteiger partial charge in [-0.2, -0.15) is 12.1 Å². The van der Waals surface area contributed by atoms with Crippen LogP contribution in [0.3, 0.4) is 0 Å². The van der Waals surface area contributed by atoms with Crippen LogP contribution >= 0.6 is 0 Å². The van der Waals surface area contributed by atoms with Crippen LogP contribution in [0.25, 0.3) is 43.8 Å². The molecule has 0 aliphatic heterocycles. The number of rotatable bonds is 6. The van der Waals surface area contributed by atoms with Crippen molar-refractivity contribution in [2.24, 2.45) is 10.8 Å². The van der Waals surface area contributed by atoms with E-state index in [-0.39, 0.29) is 30.2 Å². The number of hydrogen-bond acceptors (Lipinski definition) is 0. The average molecular weight is 935 g/mol. The Bertz CT molecular complexity index is 2010. The summed E-state index contributed by atoms with van der Waals surface area (Å²) in [6.07, 6.45) is 25.1. The second-order valence-electron chi connectivity index (χ2n) is 19.3. The summed E-state index contributed by atoms with van der Waals surface area (Å²) in [4.78, 5) is 0. The fraction of sp³-hybridized carbons (Fsp3) is 0.464. The summed E-state index contributed by atoms with van der Waals surface area (Å²) in [7, 11) is 0. The molecule has 0 atom stereocenters. The molecule has 2 aliphatic carbocycles. The van der Waals surface area contributed by atoms with Gasteiger partial charge in [0.1, 0.15) is 0 Å². The number of halogens is 2. The quantitative estimate of drug-likeness (QED) is 0.115. The topological polar surface area (TPSA) is 0 Å². The van der Waals surface area contributed by atoms with Crippen LogP contribution in [0.1, 0.15) is 139 Å². The summed E-state index contributed by atoms with van der Waals surface area (Å²) < 4.78 is 0. The largest absolute Gasteiger partial charge is 1.00 e. The van der Waals surface area contributed by atoms with Crippen LogP contribution in [0.5, 0.6) is 0 Å². The van der Waals surface area contributed by atoms with Gasteiger partial charge < -0.3 is 24.8 Å². The minimum Gasteiger partial charge on any atom is -1.00 e. The Morgan fingerprint density at radius 1 is 0.483 bits per heavy atom. The molecule has 0 N–H and O–H groups in total. The maximum absolute atomic E-state index is 2.54. The van der Waals surface area contributed by atoms with Crippen molar-refractivity contribution < 1.29 is 48.1 Å². The molecule has 2 fully saturated rings. The zero-order chi connectivity index (χ0) is 41.0. The molecular weight excluding hydrogens is 863 g/mol. The summed E-state index contributed by atoms with van der Waals surface area (Å²) in [5.41, 5.74) is 12.3. The molecule has 0 radical (unpaired) electrons. The molecule has 2 saturated carbocycles. The average Bonchev–Trinajstić information content (AvgIpc) is 3.84. The zero-order valence-corrected chi connectivity index (χ0v) is 42.8.